The normalized spacial score (nSPS) is 12.7. The van der Waals surface area contributed by atoms with Crippen molar-refractivity contribution in [3.05, 3.63) is 35.9 Å². The molecule has 0 fully saturated rings. The monoisotopic (exact) mass is 325 g/mol. The van der Waals surface area contributed by atoms with Gasteiger partial charge in [-0.05, 0) is 5.56 Å². The van der Waals surface area contributed by atoms with Gasteiger partial charge in [-0.1, -0.05) is 30.3 Å². The number of hydrogen-bond acceptors (Lipinski definition) is 5. The van der Waals surface area contributed by atoms with Crippen molar-refractivity contribution in [3.63, 3.8) is 0 Å². The molecule has 0 saturated heterocycles. The summed E-state index contributed by atoms with van der Waals surface area (Å²) in [5, 5.41) is 28.5. The standard InChI is InChI=1S/C14H15NO8/c16-10(17)6-9(12(18)19)11(13(20)21)15-14(22)23-7-8-4-2-1-3-5-8/h1-5,9,11H,6-7H2,(H,15,22)(H,16,17)(H,18,19)(H,20,21)/t9-,11+/m1/s1. The Hall–Kier alpha value is -3.10. The average Bonchev–Trinajstić information content (AvgIpc) is 2.49. The number of benzene rings is 1. The second kappa shape index (κ2) is 8.37. The van der Waals surface area contributed by atoms with Crippen molar-refractivity contribution in [1.29, 1.82) is 0 Å². The van der Waals surface area contributed by atoms with Crippen LogP contribution in [0.5, 0.6) is 0 Å². The fourth-order valence-corrected chi connectivity index (χ4v) is 1.76. The van der Waals surface area contributed by atoms with E-state index in [0.717, 1.165) is 0 Å². The molecule has 23 heavy (non-hydrogen) atoms. The van der Waals surface area contributed by atoms with Crippen LogP contribution in [0.2, 0.25) is 0 Å². The molecule has 0 spiro atoms. The maximum absolute atomic E-state index is 11.6. The van der Waals surface area contributed by atoms with Gasteiger partial charge in [-0.25, -0.2) is 9.59 Å². The summed E-state index contributed by atoms with van der Waals surface area (Å²) >= 11 is 0. The summed E-state index contributed by atoms with van der Waals surface area (Å²) in [5.74, 6) is -6.64. The lowest BCUT2D eigenvalue weighted by molar-refractivity contribution is -0.154. The van der Waals surface area contributed by atoms with Gasteiger partial charge in [0.1, 0.15) is 12.6 Å². The highest BCUT2D eigenvalue weighted by Crippen LogP contribution is 2.11. The van der Waals surface area contributed by atoms with Crippen LogP contribution in [-0.2, 0) is 25.7 Å². The highest BCUT2D eigenvalue weighted by Gasteiger charge is 2.37. The first-order valence-electron chi connectivity index (χ1n) is 6.46. The van der Waals surface area contributed by atoms with Crippen LogP contribution in [0.15, 0.2) is 30.3 Å². The second-order valence-corrected chi connectivity index (χ2v) is 4.56. The first kappa shape index (κ1) is 18.0. The summed E-state index contributed by atoms with van der Waals surface area (Å²) in [7, 11) is 0. The molecule has 1 aromatic rings. The first-order valence-corrected chi connectivity index (χ1v) is 6.46. The quantitative estimate of drug-likeness (QED) is 0.541. The lowest BCUT2D eigenvalue weighted by atomic mass is 9.96. The van der Waals surface area contributed by atoms with Crippen molar-refractivity contribution in [3.8, 4) is 0 Å². The lowest BCUT2D eigenvalue weighted by Gasteiger charge is -2.20. The van der Waals surface area contributed by atoms with Crippen LogP contribution in [0.4, 0.5) is 4.79 Å². The van der Waals surface area contributed by atoms with Crippen molar-refractivity contribution < 1.29 is 39.2 Å². The molecule has 9 nitrogen and oxygen atoms in total. The summed E-state index contributed by atoms with van der Waals surface area (Å²) in [6.07, 6.45) is -2.11. The van der Waals surface area contributed by atoms with Gasteiger partial charge in [0.15, 0.2) is 0 Å². The number of carboxylic acids is 3. The van der Waals surface area contributed by atoms with Gasteiger partial charge in [0.25, 0.3) is 0 Å². The Morgan fingerprint density at radius 1 is 1.00 bits per heavy atom. The Morgan fingerprint density at radius 2 is 1.61 bits per heavy atom. The Kier molecular flexibility index (Phi) is 6.53. The van der Waals surface area contributed by atoms with Crippen molar-refractivity contribution in [2.24, 2.45) is 5.92 Å². The fraction of sp³-hybridized carbons (Fsp3) is 0.286. The summed E-state index contributed by atoms with van der Waals surface area (Å²) in [4.78, 5) is 44.4. The summed E-state index contributed by atoms with van der Waals surface area (Å²) < 4.78 is 4.79. The minimum atomic E-state index is -1.92. The Bertz CT molecular complexity index is 586. The number of aliphatic carboxylic acids is 3. The van der Waals surface area contributed by atoms with Crippen molar-refractivity contribution in [1.82, 2.24) is 5.32 Å². The number of amides is 1. The van der Waals surface area contributed by atoms with Gasteiger partial charge >= 0.3 is 24.0 Å². The van der Waals surface area contributed by atoms with E-state index < -0.39 is 42.4 Å². The molecule has 1 aromatic carbocycles. The van der Waals surface area contributed by atoms with E-state index in [9.17, 15) is 19.2 Å². The molecule has 0 bridgehead atoms. The largest absolute Gasteiger partial charge is 0.481 e. The van der Waals surface area contributed by atoms with Gasteiger partial charge in [0.05, 0.1) is 12.3 Å². The molecule has 0 radical (unpaired) electrons. The number of rotatable bonds is 8. The van der Waals surface area contributed by atoms with Gasteiger partial charge < -0.3 is 25.4 Å². The lowest BCUT2D eigenvalue weighted by Crippen LogP contribution is -2.49. The smallest absolute Gasteiger partial charge is 0.408 e. The number of carbonyl (C=O) groups is 4. The predicted molar refractivity (Wildman–Crippen MR) is 74.6 cm³/mol. The zero-order valence-corrected chi connectivity index (χ0v) is 11.8. The number of hydrogen-bond donors (Lipinski definition) is 4. The number of alkyl carbamates (subject to hydrolysis) is 1. The van der Waals surface area contributed by atoms with Crippen molar-refractivity contribution >= 4 is 24.0 Å². The molecule has 0 aromatic heterocycles. The van der Waals surface area contributed by atoms with Gasteiger partial charge in [0.2, 0.25) is 0 Å². The molecule has 1 amide bonds. The van der Waals surface area contributed by atoms with Crippen LogP contribution >= 0.6 is 0 Å². The first-order chi connectivity index (χ1) is 10.8. The van der Waals surface area contributed by atoms with E-state index in [0.29, 0.717) is 5.56 Å². The minimum Gasteiger partial charge on any atom is -0.481 e. The molecule has 9 heteroatoms. The molecule has 0 aliphatic heterocycles. The van der Waals surface area contributed by atoms with E-state index in [1.54, 1.807) is 30.3 Å². The van der Waals surface area contributed by atoms with Gasteiger partial charge in [-0.3, -0.25) is 9.59 Å². The predicted octanol–water partition coefficient (Wildman–Crippen LogP) is 0.541. The van der Waals surface area contributed by atoms with E-state index >= 15 is 0 Å². The zero-order chi connectivity index (χ0) is 17.4. The summed E-state index contributed by atoms with van der Waals surface area (Å²) in [6, 6.07) is 6.60. The molecule has 0 saturated carbocycles. The summed E-state index contributed by atoms with van der Waals surface area (Å²) in [6.45, 7) is -0.143. The second-order valence-electron chi connectivity index (χ2n) is 4.56. The molecular weight excluding hydrogens is 310 g/mol. The third-order valence-electron chi connectivity index (χ3n) is 2.87. The highest BCUT2D eigenvalue weighted by atomic mass is 16.5. The van der Waals surface area contributed by atoms with Crippen LogP contribution in [0.1, 0.15) is 12.0 Å². The van der Waals surface area contributed by atoms with E-state index in [1.165, 1.54) is 0 Å². The van der Waals surface area contributed by atoms with Gasteiger partial charge in [-0.15, -0.1) is 0 Å². The fourth-order valence-electron chi connectivity index (χ4n) is 1.76. The van der Waals surface area contributed by atoms with Gasteiger partial charge in [-0.2, -0.15) is 0 Å². The Labute approximate surface area is 130 Å². The third-order valence-corrected chi connectivity index (χ3v) is 2.87. The van der Waals surface area contributed by atoms with Gasteiger partial charge in [0, 0.05) is 0 Å². The molecule has 0 unspecified atom stereocenters. The zero-order valence-electron chi connectivity index (χ0n) is 11.8. The van der Waals surface area contributed by atoms with E-state index in [1.807, 2.05) is 5.32 Å². The molecule has 124 valence electrons. The van der Waals surface area contributed by atoms with Crippen molar-refractivity contribution in [2.75, 3.05) is 0 Å². The number of ether oxygens (including phenoxy) is 1. The van der Waals surface area contributed by atoms with E-state index in [-0.39, 0.29) is 6.61 Å². The maximum Gasteiger partial charge on any atom is 0.408 e. The highest BCUT2D eigenvalue weighted by molar-refractivity contribution is 5.88. The Balaban J connectivity index is 2.70. The van der Waals surface area contributed by atoms with Crippen molar-refractivity contribution in [2.45, 2.75) is 19.1 Å². The molecule has 2 atom stereocenters. The molecule has 4 N–H and O–H groups in total. The molecule has 0 heterocycles. The maximum atomic E-state index is 11.6. The topological polar surface area (TPSA) is 150 Å². The van der Waals surface area contributed by atoms with Crippen LogP contribution in [0.3, 0.4) is 0 Å². The van der Waals surface area contributed by atoms with E-state index in [2.05, 4.69) is 0 Å². The van der Waals surface area contributed by atoms with Crippen LogP contribution in [0, 0.1) is 5.92 Å². The SMILES string of the molecule is O=C(O)C[C@@H](C(=O)O)[C@H](NC(=O)OCc1ccccc1)C(=O)O. The van der Waals surface area contributed by atoms with E-state index in [4.69, 9.17) is 20.1 Å². The van der Waals surface area contributed by atoms with Crippen LogP contribution in [0.25, 0.3) is 0 Å². The molecule has 0 aliphatic carbocycles. The molecule has 1 rings (SSSR count). The average molecular weight is 325 g/mol. The molecular formula is C14H15NO8. The third kappa shape index (κ3) is 6.04. The molecule has 0 aliphatic rings. The number of carboxylic acid groups (broad SMARTS) is 3. The number of carbonyl (C=O) groups excluding carboxylic acids is 1. The summed E-state index contributed by atoms with van der Waals surface area (Å²) in [5.41, 5.74) is 0.648. The minimum absolute atomic E-state index is 0.143. The van der Waals surface area contributed by atoms with Crippen LogP contribution in [-0.4, -0.2) is 45.4 Å². The Morgan fingerprint density at radius 3 is 2.09 bits per heavy atom. The number of nitrogens with one attached hydrogen (secondary N) is 1. The van der Waals surface area contributed by atoms with Crippen LogP contribution < -0.4 is 5.32 Å².